The third-order valence-corrected chi connectivity index (χ3v) is 7.61. The molecule has 0 atom stereocenters. The molecule has 0 aliphatic rings. The van der Waals surface area contributed by atoms with Crippen LogP contribution in [0.3, 0.4) is 0 Å². The maximum Gasteiger partial charge on any atom is 0.242 e. The average Bonchev–Trinajstić information content (AvgIpc) is 3.22. The van der Waals surface area contributed by atoms with Gasteiger partial charge >= 0.3 is 0 Å². The van der Waals surface area contributed by atoms with Crippen molar-refractivity contribution in [3.63, 3.8) is 0 Å². The Morgan fingerprint density at radius 3 is 2.76 bits per heavy atom. The first-order chi connectivity index (χ1) is 16.3. The van der Waals surface area contributed by atoms with Gasteiger partial charge in [0.2, 0.25) is 10.0 Å². The van der Waals surface area contributed by atoms with Gasteiger partial charge in [0.1, 0.15) is 13.7 Å². The topological polar surface area (TPSA) is 103 Å². The summed E-state index contributed by atoms with van der Waals surface area (Å²) < 4.78 is 28.7. The number of hydrogen-bond donors (Lipinski definition) is 1. The Hall–Kier alpha value is -3.39. The van der Waals surface area contributed by atoms with E-state index in [0.29, 0.717) is 30.1 Å². The first-order valence-corrected chi connectivity index (χ1v) is 12.4. The number of fused-ring (bicyclic) bond motifs is 1. The molecule has 11 heteroatoms. The first-order valence-electron chi connectivity index (χ1n) is 10.6. The molecular formula is C23H22BClN6O2S. The highest BCUT2D eigenvalue weighted by molar-refractivity contribution is 7.89. The van der Waals surface area contributed by atoms with Gasteiger partial charge in [0.05, 0.1) is 22.2 Å². The molecular weight excluding hydrogens is 471 g/mol. The fraction of sp³-hybridized carbons (Fsp3) is 0.174. The second kappa shape index (κ2) is 9.85. The van der Waals surface area contributed by atoms with Crippen LogP contribution in [0.2, 0.25) is 5.02 Å². The van der Waals surface area contributed by atoms with Gasteiger partial charge in [-0.1, -0.05) is 35.9 Å². The van der Waals surface area contributed by atoms with Gasteiger partial charge in [0.25, 0.3) is 0 Å². The summed E-state index contributed by atoms with van der Waals surface area (Å²) >= 11 is 6.39. The second-order valence-electron chi connectivity index (χ2n) is 7.82. The van der Waals surface area contributed by atoms with Crippen LogP contribution in [0.5, 0.6) is 0 Å². The van der Waals surface area contributed by atoms with Crippen LogP contribution in [-0.2, 0) is 10.0 Å². The molecule has 0 saturated carbocycles. The van der Waals surface area contributed by atoms with Crippen molar-refractivity contribution >= 4 is 46.4 Å². The molecule has 2 heterocycles. The van der Waals surface area contributed by atoms with Gasteiger partial charge in [-0.3, -0.25) is 0 Å². The molecule has 2 aromatic carbocycles. The van der Waals surface area contributed by atoms with Crippen molar-refractivity contribution in [3.05, 3.63) is 71.4 Å². The van der Waals surface area contributed by atoms with Crippen LogP contribution < -0.4 is 10.8 Å². The first kappa shape index (κ1) is 23.8. The molecule has 0 saturated heterocycles. The van der Waals surface area contributed by atoms with Crippen molar-refractivity contribution in [3.8, 4) is 17.3 Å². The minimum atomic E-state index is -3.68. The lowest BCUT2D eigenvalue weighted by Crippen LogP contribution is -2.29. The van der Waals surface area contributed by atoms with E-state index in [4.69, 9.17) is 21.8 Å². The summed E-state index contributed by atoms with van der Waals surface area (Å²) in [6, 6.07) is 17.4. The lowest BCUT2D eigenvalue weighted by molar-refractivity contribution is 0.465. The molecule has 0 amide bonds. The Bertz CT molecular complexity index is 1500. The molecule has 0 unspecified atom stereocenters. The van der Waals surface area contributed by atoms with Crippen molar-refractivity contribution < 1.29 is 8.42 Å². The summed E-state index contributed by atoms with van der Waals surface area (Å²) in [5, 5.41) is 17.4. The van der Waals surface area contributed by atoms with Crippen molar-refractivity contribution in [2.75, 3.05) is 25.5 Å². The summed E-state index contributed by atoms with van der Waals surface area (Å²) in [7, 11) is -0.209. The van der Waals surface area contributed by atoms with E-state index in [0.717, 1.165) is 28.2 Å². The summed E-state index contributed by atoms with van der Waals surface area (Å²) in [6.45, 7) is 0.813. The minimum Gasteiger partial charge on any atom is -0.370 e. The molecule has 1 N–H and O–H groups in total. The average molecular weight is 493 g/mol. The van der Waals surface area contributed by atoms with Crippen LogP contribution in [0.15, 0.2) is 65.7 Å². The van der Waals surface area contributed by atoms with Crippen molar-refractivity contribution in [1.29, 1.82) is 5.26 Å². The van der Waals surface area contributed by atoms with E-state index in [1.165, 1.54) is 23.5 Å². The second-order valence-corrected chi connectivity index (χ2v) is 10.3. The Kier molecular flexibility index (Phi) is 6.88. The molecule has 4 rings (SSSR count). The maximum atomic E-state index is 12.8. The van der Waals surface area contributed by atoms with Gasteiger partial charge in [-0.15, -0.1) is 0 Å². The number of sulfonamides is 1. The molecule has 4 aromatic rings. The summed E-state index contributed by atoms with van der Waals surface area (Å²) in [6.07, 6.45) is 2.30. The van der Waals surface area contributed by atoms with E-state index in [2.05, 4.69) is 10.4 Å². The molecule has 0 fully saturated rings. The van der Waals surface area contributed by atoms with Gasteiger partial charge in [-0.05, 0) is 36.1 Å². The predicted octanol–water partition coefficient (Wildman–Crippen LogP) is 2.30. The minimum absolute atomic E-state index is 0.106. The van der Waals surface area contributed by atoms with E-state index in [1.807, 2.05) is 44.2 Å². The highest BCUT2D eigenvalue weighted by Gasteiger charge is 2.20. The molecule has 8 nitrogen and oxygen atoms in total. The largest absolute Gasteiger partial charge is 0.370 e. The molecule has 0 radical (unpaired) electrons. The Balaban J connectivity index is 1.49. The molecule has 2 aromatic heterocycles. The van der Waals surface area contributed by atoms with Gasteiger partial charge in [0.15, 0.2) is 5.65 Å². The number of nitriles is 1. The SMILES string of the molecule is Bc1cnn2c(NCCCN(C)S(=O)(=O)c3cccc(C#N)c3)cc(-c3ccccc3Cl)nc12. The van der Waals surface area contributed by atoms with Crippen LogP contribution in [0, 0.1) is 11.3 Å². The van der Waals surface area contributed by atoms with Crippen molar-refractivity contribution in [1.82, 2.24) is 18.9 Å². The Labute approximate surface area is 204 Å². The zero-order valence-corrected chi connectivity index (χ0v) is 20.3. The van der Waals surface area contributed by atoms with Crippen LogP contribution in [0.25, 0.3) is 16.9 Å². The number of aromatic nitrogens is 3. The van der Waals surface area contributed by atoms with Crippen LogP contribution >= 0.6 is 11.6 Å². The summed E-state index contributed by atoms with van der Waals surface area (Å²) in [5.74, 6) is 0.736. The number of nitrogens with one attached hydrogen (secondary N) is 1. The predicted molar refractivity (Wildman–Crippen MR) is 136 cm³/mol. The number of benzene rings is 2. The fourth-order valence-corrected chi connectivity index (χ4v) is 5.04. The Morgan fingerprint density at radius 2 is 2.00 bits per heavy atom. The number of halogens is 1. The molecule has 0 aliphatic heterocycles. The number of hydrogen-bond acceptors (Lipinski definition) is 6. The van der Waals surface area contributed by atoms with E-state index in [1.54, 1.807) is 22.8 Å². The van der Waals surface area contributed by atoms with E-state index in [-0.39, 0.29) is 4.90 Å². The van der Waals surface area contributed by atoms with Gasteiger partial charge in [-0.25, -0.2) is 17.7 Å². The zero-order chi connectivity index (χ0) is 24.3. The lowest BCUT2D eigenvalue weighted by Gasteiger charge is -2.18. The van der Waals surface area contributed by atoms with E-state index < -0.39 is 10.0 Å². The van der Waals surface area contributed by atoms with Crippen LogP contribution in [0.4, 0.5) is 5.82 Å². The smallest absolute Gasteiger partial charge is 0.242 e. The van der Waals surface area contributed by atoms with Gasteiger partial charge in [0, 0.05) is 43.0 Å². The van der Waals surface area contributed by atoms with Crippen LogP contribution in [0.1, 0.15) is 12.0 Å². The molecule has 0 bridgehead atoms. The monoisotopic (exact) mass is 492 g/mol. The third kappa shape index (κ3) is 4.77. The van der Waals surface area contributed by atoms with Gasteiger partial charge < -0.3 is 5.32 Å². The number of rotatable bonds is 8. The lowest BCUT2D eigenvalue weighted by atomic mass is 10.0. The summed E-state index contributed by atoms with van der Waals surface area (Å²) in [5.41, 5.74) is 3.50. The standard InChI is InChI=1S/C23H22BClN6O2S/c1-30(34(32,33)17-7-4-6-16(12-17)14-26)11-5-10-27-22-13-21(18-8-2-3-9-20(18)25)29-23-19(24)15-28-31(22)23/h2-4,6-9,12-13,15,27H,5,10-11,24H2,1H3. The maximum absolute atomic E-state index is 12.8. The van der Waals surface area contributed by atoms with Gasteiger partial charge in [-0.2, -0.15) is 14.9 Å². The van der Waals surface area contributed by atoms with Crippen LogP contribution in [-0.4, -0.2) is 55.3 Å². The third-order valence-electron chi connectivity index (χ3n) is 5.43. The molecule has 0 aliphatic carbocycles. The van der Waals surface area contributed by atoms with E-state index in [9.17, 15) is 8.42 Å². The van der Waals surface area contributed by atoms with E-state index >= 15 is 0 Å². The Morgan fingerprint density at radius 1 is 1.21 bits per heavy atom. The van der Waals surface area contributed by atoms with Crippen molar-refractivity contribution in [2.45, 2.75) is 11.3 Å². The number of nitrogens with zero attached hydrogens (tertiary/aromatic N) is 5. The molecule has 34 heavy (non-hydrogen) atoms. The molecule has 0 spiro atoms. The normalized spacial score (nSPS) is 11.6. The fourth-order valence-electron chi connectivity index (χ4n) is 3.55. The van der Waals surface area contributed by atoms with Crippen molar-refractivity contribution in [2.24, 2.45) is 0 Å². The number of anilines is 1. The summed E-state index contributed by atoms with van der Waals surface area (Å²) in [4.78, 5) is 4.83. The highest BCUT2D eigenvalue weighted by Crippen LogP contribution is 2.28. The quantitative estimate of drug-likeness (QED) is 0.299. The highest BCUT2D eigenvalue weighted by atomic mass is 35.5. The molecule has 172 valence electrons. The zero-order valence-electron chi connectivity index (χ0n) is 18.7.